The molecule has 0 bridgehead atoms. The number of hydrogen-bond donors (Lipinski definition) is 1. The van der Waals surface area contributed by atoms with Crippen LogP contribution in [0.15, 0.2) is 28.4 Å². The van der Waals surface area contributed by atoms with Crippen molar-refractivity contribution in [2.24, 2.45) is 7.05 Å². The van der Waals surface area contributed by atoms with Gasteiger partial charge < -0.3 is 5.11 Å². The van der Waals surface area contributed by atoms with Crippen molar-refractivity contribution in [2.45, 2.75) is 23.9 Å². The van der Waals surface area contributed by atoms with E-state index in [4.69, 9.17) is 0 Å². The Morgan fingerprint density at radius 3 is 2.72 bits per heavy atom. The molecular formula is C12H13N3O2S. The monoisotopic (exact) mass is 263 g/mol. The summed E-state index contributed by atoms with van der Waals surface area (Å²) >= 11 is 1.31. The summed E-state index contributed by atoms with van der Waals surface area (Å²) in [5.74, 6) is -0.956. The number of carboxylic acid groups (broad SMARTS) is 1. The highest BCUT2D eigenvalue weighted by Crippen LogP contribution is 2.30. The van der Waals surface area contributed by atoms with Crippen LogP contribution in [0.3, 0.4) is 0 Å². The van der Waals surface area contributed by atoms with Gasteiger partial charge in [0.05, 0.1) is 11.3 Å². The first kappa shape index (κ1) is 12.6. The molecule has 0 aliphatic carbocycles. The third-order valence-electron chi connectivity index (χ3n) is 2.50. The highest BCUT2D eigenvalue weighted by molar-refractivity contribution is 7.99. The zero-order chi connectivity index (χ0) is 13.3. The van der Waals surface area contributed by atoms with E-state index in [-0.39, 0.29) is 5.56 Å². The van der Waals surface area contributed by atoms with Crippen molar-refractivity contribution >= 4 is 17.7 Å². The van der Waals surface area contributed by atoms with Gasteiger partial charge in [0, 0.05) is 13.2 Å². The minimum atomic E-state index is -0.956. The van der Waals surface area contributed by atoms with Gasteiger partial charge in [-0.25, -0.2) is 9.78 Å². The predicted molar refractivity (Wildman–Crippen MR) is 68.0 cm³/mol. The molecule has 1 N–H and O–H groups in total. The van der Waals surface area contributed by atoms with Gasteiger partial charge in [0.1, 0.15) is 10.1 Å². The Labute approximate surface area is 109 Å². The second-order valence-electron chi connectivity index (χ2n) is 3.96. The Morgan fingerprint density at radius 2 is 2.17 bits per heavy atom. The number of rotatable bonds is 3. The van der Waals surface area contributed by atoms with E-state index < -0.39 is 5.97 Å². The van der Waals surface area contributed by atoms with Crippen molar-refractivity contribution in [2.75, 3.05) is 0 Å². The SMILES string of the molecule is Cc1cc(Sc2nccc(C)c2C(=O)O)n(C)n1. The first-order valence-electron chi connectivity index (χ1n) is 5.36. The summed E-state index contributed by atoms with van der Waals surface area (Å²) in [4.78, 5) is 15.4. The second-order valence-corrected chi connectivity index (χ2v) is 4.97. The molecule has 0 saturated carbocycles. The zero-order valence-corrected chi connectivity index (χ0v) is 11.2. The average Bonchev–Trinajstić information content (AvgIpc) is 2.57. The molecule has 0 radical (unpaired) electrons. The molecule has 0 aromatic carbocycles. The lowest BCUT2D eigenvalue weighted by Gasteiger charge is -2.07. The van der Waals surface area contributed by atoms with E-state index in [0.29, 0.717) is 10.6 Å². The third-order valence-corrected chi connectivity index (χ3v) is 3.59. The number of pyridine rings is 1. The van der Waals surface area contributed by atoms with Gasteiger partial charge in [-0.15, -0.1) is 0 Å². The van der Waals surface area contributed by atoms with Crippen LogP contribution in [0.5, 0.6) is 0 Å². The fraction of sp³-hybridized carbons (Fsp3) is 0.250. The lowest BCUT2D eigenvalue weighted by atomic mass is 10.2. The van der Waals surface area contributed by atoms with E-state index in [9.17, 15) is 9.90 Å². The van der Waals surface area contributed by atoms with Crippen molar-refractivity contribution < 1.29 is 9.90 Å². The third kappa shape index (κ3) is 2.38. The lowest BCUT2D eigenvalue weighted by molar-refractivity contribution is 0.0691. The van der Waals surface area contributed by atoms with Gasteiger partial charge in [0.25, 0.3) is 0 Å². The summed E-state index contributed by atoms with van der Waals surface area (Å²) in [7, 11) is 1.82. The largest absolute Gasteiger partial charge is 0.478 e. The summed E-state index contributed by atoms with van der Waals surface area (Å²) in [6.07, 6.45) is 1.62. The molecule has 0 atom stereocenters. The van der Waals surface area contributed by atoms with E-state index in [1.807, 2.05) is 20.0 Å². The summed E-state index contributed by atoms with van der Waals surface area (Å²) in [6, 6.07) is 3.60. The molecule has 0 spiro atoms. The summed E-state index contributed by atoms with van der Waals surface area (Å²) in [5, 5.41) is 14.8. The van der Waals surface area contributed by atoms with E-state index in [0.717, 1.165) is 10.7 Å². The molecule has 6 heteroatoms. The standard InChI is InChI=1S/C12H13N3O2S/c1-7-4-5-13-11(10(7)12(16)17)18-9-6-8(2)14-15(9)3/h4-6H,1-3H3,(H,16,17). The van der Waals surface area contributed by atoms with Gasteiger partial charge in [-0.1, -0.05) is 0 Å². The molecule has 0 amide bonds. The van der Waals surface area contributed by atoms with Crippen LogP contribution in [0.4, 0.5) is 0 Å². The van der Waals surface area contributed by atoms with Crippen LogP contribution in [-0.2, 0) is 7.05 Å². The average molecular weight is 263 g/mol. The molecule has 2 heterocycles. The highest BCUT2D eigenvalue weighted by atomic mass is 32.2. The molecule has 0 fully saturated rings. The van der Waals surface area contributed by atoms with Crippen LogP contribution in [0.2, 0.25) is 0 Å². The number of nitrogens with zero attached hydrogens (tertiary/aromatic N) is 3. The molecule has 0 saturated heterocycles. The Kier molecular flexibility index (Phi) is 3.38. The molecule has 0 aliphatic heterocycles. The van der Waals surface area contributed by atoms with Crippen LogP contribution in [0.1, 0.15) is 21.6 Å². The van der Waals surface area contributed by atoms with Crippen molar-refractivity contribution in [3.63, 3.8) is 0 Å². The Bertz CT molecular complexity index is 607. The maximum Gasteiger partial charge on any atom is 0.338 e. The molecule has 5 nitrogen and oxygen atoms in total. The Balaban J connectivity index is 2.43. The van der Waals surface area contributed by atoms with Crippen LogP contribution >= 0.6 is 11.8 Å². The first-order chi connectivity index (χ1) is 8.49. The van der Waals surface area contributed by atoms with Gasteiger partial charge >= 0.3 is 5.97 Å². The van der Waals surface area contributed by atoms with Crippen LogP contribution in [-0.4, -0.2) is 25.8 Å². The molecular weight excluding hydrogens is 250 g/mol. The van der Waals surface area contributed by atoms with Crippen LogP contribution in [0.25, 0.3) is 0 Å². The van der Waals surface area contributed by atoms with Crippen molar-refractivity contribution in [3.05, 3.63) is 35.2 Å². The molecule has 94 valence electrons. The van der Waals surface area contributed by atoms with Crippen molar-refractivity contribution in [3.8, 4) is 0 Å². The van der Waals surface area contributed by atoms with Crippen LogP contribution < -0.4 is 0 Å². The number of hydrogen-bond acceptors (Lipinski definition) is 4. The molecule has 2 aromatic heterocycles. The molecule has 2 rings (SSSR count). The maximum atomic E-state index is 11.2. The van der Waals surface area contributed by atoms with Gasteiger partial charge in [-0.2, -0.15) is 5.10 Å². The topological polar surface area (TPSA) is 68.0 Å². The van der Waals surface area contributed by atoms with Gasteiger partial charge in [-0.05, 0) is 43.3 Å². The number of aryl methyl sites for hydroxylation is 3. The number of carbonyl (C=O) groups is 1. The first-order valence-corrected chi connectivity index (χ1v) is 6.18. The van der Waals surface area contributed by atoms with E-state index in [1.165, 1.54) is 11.8 Å². The zero-order valence-electron chi connectivity index (χ0n) is 10.3. The summed E-state index contributed by atoms with van der Waals surface area (Å²) in [6.45, 7) is 3.66. The fourth-order valence-corrected chi connectivity index (χ4v) is 2.72. The lowest BCUT2D eigenvalue weighted by Crippen LogP contribution is -2.04. The predicted octanol–water partition coefficient (Wildman–Crippen LogP) is 2.28. The molecule has 18 heavy (non-hydrogen) atoms. The molecule has 0 unspecified atom stereocenters. The van der Waals surface area contributed by atoms with Gasteiger partial charge in [0.15, 0.2) is 0 Å². The Hall–Kier alpha value is -1.82. The van der Waals surface area contributed by atoms with Gasteiger partial charge in [-0.3, -0.25) is 4.68 Å². The van der Waals surface area contributed by atoms with Gasteiger partial charge in [0.2, 0.25) is 0 Å². The minimum Gasteiger partial charge on any atom is -0.478 e. The summed E-state index contributed by atoms with van der Waals surface area (Å²) < 4.78 is 1.72. The molecule has 2 aromatic rings. The van der Waals surface area contributed by atoms with E-state index >= 15 is 0 Å². The van der Waals surface area contributed by atoms with E-state index in [1.54, 1.807) is 23.9 Å². The van der Waals surface area contributed by atoms with Crippen LogP contribution in [0, 0.1) is 13.8 Å². The normalized spacial score (nSPS) is 10.6. The Morgan fingerprint density at radius 1 is 1.44 bits per heavy atom. The minimum absolute atomic E-state index is 0.251. The van der Waals surface area contributed by atoms with Crippen molar-refractivity contribution in [1.29, 1.82) is 0 Å². The molecule has 0 aliphatic rings. The maximum absolute atomic E-state index is 11.2. The number of aromatic carboxylic acids is 1. The quantitative estimate of drug-likeness (QED) is 0.920. The van der Waals surface area contributed by atoms with E-state index in [2.05, 4.69) is 10.1 Å². The van der Waals surface area contributed by atoms with Crippen molar-refractivity contribution in [1.82, 2.24) is 14.8 Å². The number of aromatic nitrogens is 3. The smallest absolute Gasteiger partial charge is 0.338 e. The number of carboxylic acids is 1. The fourth-order valence-electron chi connectivity index (χ4n) is 1.65. The summed E-state index contributed by atoms with van der Waals surface area (Å²) in [5.41, 5.74) is 1.85. The highest BCUT2D eigenvalue weighted by Gasteiger charge is 2.16. The second kappa shape index (κ2) is 4.81.